The summed E-state index contributed by atoms with van der Waals surface area (Å²) in [6.07, 6.45) is 6.11. The van der Waals surface area contributed by atoms with Gasteiger partial charge < -0.3 is 9.80 Å². The van der Waals surface area contributed by atoms with E-state index in [9.17, 15) is 9.59 Å². The number of nitrogens with zero attached hydrogens (tertiary/aromatic N) is 3. The molecule has 0 unspecified atom stereocenters. The first kappa shape index (κ1) is 18.7. The fraction of sp³-hybridized carbons (Fsp3) is 0.435. The zero-order valence-corrected chi connectivity index (χ0v) is 16.6. The van der Waals surface area contributed by atoms with Crippen LogP contribution in [0.4, 0.5) is 0 Å². The Morgan fingerprint density at radius 1 is 1.14 bits per heavy atom. The van der Waals surface area contributed by atoms with Crippen molar-refractivity contribution in [1.82, 2.24) is 14.8 Å². The van der Waals surface area contributed by atoms with E-state index in [1.807, 2.05) is 48.0 Å². The number of hydrogen-bond donors (Lipinski definition) is 0. The summed E-state index contributed by atoms with van der Waals surface area (Å²) >= 11 is 0. The summed E-state index contributed by atoms with van der Waals surface area (Å²) in [7, 11) is 1.91. The lowest BCUT2D eigenvalue weighted by Gasteiger charge is -2.49. The molecule has 1 aromatic carbocycles. The van der Waals surface area contributed by atoms with Crippen LogP contribution in [0.3, 0.4) is 0 Å². The molecule has 1 aromatic heterocycles. The molecule has 0 radical (unpaired) electrons. The number of carbonyl (C=O) groups excluding carboxylic acids is 2. The summed E-state index contributed by atoms with van der Waals surface area (Å²) in [4.78, 5) is 33.7. The van der Waals surface area contributed by atoms with Crippen LogP contribution in [0.5, 0.6) is 0 Å². The summed E-state index contributed by atoms with van der Waals surface area (Å²) in [5.41, 5.74) is 2.84. The Hall–Kier alpha value is -2.69. The van der Waals surface area contributed by atoms with E-state index in [1.54, 1.807) is 12.4 Å². The van der Waals surface area contributed by atoms with Gasteiger partial charge >= 0.3 is 0 Å². The number of amides is 2. The number of benzene rings is 1. The average molecular weight is 377 g/mol. The highest BCUT2D eigenvalue weighted by Crippen LogP contribution is 2.45. The largest absolute Gasteiger partial charge is 0.345 e. The number of likely N-dealkylation sites (N-methyl/N-ethyl adjacent to an activating group) is 1. The molecule has 28 heavy (non-hydrogen) atoms. The number of aromatic nitrogens is 1. The van der Waals surface area contributed by atoms with Gasteiger partial charge in [-0.2, -0.15) is 0 Å². The number of aryl methyl sites for hydroxylation is 1. The van der Waals surface area contributed by atoms with Gasteiger partial charge in [-0.05, 0) is 48.8 Å². The molecule has 5 nitrogen and oxygen atoms in total. The smallest absolute Gasteiger partial charge is 0.255 e. The molecule has 1 spiro atoms. The second kappa shape index (κ2) is 7.38. The minimum atomic E-state index is -0.0808. The maximum Gasteiger partial charge on any atom is 0.255 e. The van der Waals surface area contributed by atoms with E-state index in [0.717, 1.165) is 50.0 Å². The molecule has 5 heteroatoms. The van der Waals surface area contributed by atoms with Gasteiger partial charge in [0.05, 0.1) is 11.5 Å². The van der Waals surface area contributed by atoms with E-state index < -0.39 is 0 Å². The Morgan fingerprint density at radius 2 is 1.86 bits per heavy atom. The summed E-state index contributed by atoms with van der Waals surface area (Å²) in [5, 5.41) is 0. The van der Waals surface area contributed by atoms with E-state index >= 15 is 0 Å². The van der Waals surface area contributed by atoms with Gasteiger partial charge in [0.2, 0.25) is 5.91 Å². The molecule has 3 heterocycles. The molecule has 2 amide bonds. The molecule has 0 N–H and O–H groups in total. The molecule has 2 fully saturated rings. The average Bonchev–Trinajstić information content (AvgIpc) is 2.72. The van der Waals surface area contributed by atoms with Gasteiger partial charge in [-0.3, -0.25) is 14.6 Å². The van der Waals surface area contributed by atoms with Crippen molar-refractivity contribution in [2.24, 2.45) is 5.41 Å². The molecule has 0 saturated carbocycles. The first-order valence-electron chi connectivity index (χ1n) is 9.99. The molecule has 2 aliphatic heterocycles. The Morgan fingerprint density at radius 3 is 2.54 bits per heavy atom. The van der Waals surface area contributed by atoms with Crippen LogP contribution in [0.2, 0.25) is 0 Å². The molecule has 146 valence electrons. The van der Waals surface area contributed by atoms with Crippen molar-refractivity contribution in [2.45, 2.75) is 32.1 Å². The number of carbonyl (C=O) groups is 2. The fourth-order valence-corrected chi connectivity index (χ4v) is 4.78. The van der Waals surface area contributed by atoms with E-state index in [2.05, 4.69) is 17.1 Å². The van der Waals surface area contributed by atoms with Crippen LogP contribution in [0.1, 0.15) is 46.7 Å². The maximum absolute atomic E-state index is 12.9. The van der Waals surface area contributed by atoms with Crippen molar-refractivity contribution in [3.05, 3.63) is 65.5 Å². The number of piperidine rings is 2. The molecule has 4 rings (SSSR count). The highest BCUT2D eigenvalue weighted by Gasteiger charge is 2.45. The Balaban J connectivity index is 1.49. The van der Waals surface area contributed by atoms with Crippen molar-refractivity contribution >= 4 is 11.8 Å². The van der Waals surface area contributed by atoms with Crippen molar-refractivity contribution in [3.63, 3.8) is 0 Å². The molecule has 2 aromatic rings. The van der Waals surface area contributed by atoms with Crippen LogP contribution in [0.15, 0.2) is 48.8 Å². The lowest BCUT2D eigenvalue weighted by molar-refractivity contribution is -0.139. The zero-order chi connectivity index (χ0) is 19.7. The maximum atomic E-state index is 12.9. The van der Waals surface area contributed by atoms with Gasteiger partial charge in [0.25, 0.3) is 5.91 Å². The van der Waals surface area contributed by atoms with Crippen LogP contribution in [0.25, 0.3) is 0 Å². The Labute approximate surface area is 166 Å². The molecular formula is C23H27N3O2. The monoisotopic (exact) mass is 377 g/mol. The summed E-state index contributed by atoms with van der Waals surface area (Å²) in [6.45, 7) is 4.20. The fourth-order valence-electron chi connectivity index (χ4n) is 4.78. The third-order valence-electron chi connectivity index (χ3n) is 6.47. The van der Waals surface area contributed by atoms with Gasteiger partial charge in [-0.25, -0.2) is 0 Å². The van der Waals surface area contributed by atoms with Crippen molar-refractivity contribution in [1.29, 1.82) is 0 Å². The predicted molar refractivity (Wildman–Crippen MR) is 108 cm³/mol. The minimum absolute atomic E-state index is 0.0697. The molecule has 1 atom stereocenters. The number of rotatable bonds is 2. The zero-order valence-electron chi connectivity index (χ0n) is 16.6. The van der Waals surface area contributed by atoms with E-state index in [1.165, 1.54) is 0 Å². The highest BCUT2D eigenvalue weighted by molar-refractivity contribution is 5.95. The molecule has 0 aliphatic carbocycles. The standard InChI is InChI=1S/C23H27N3O2/c1-17-8-11-24-15-20(17)22(28)26-12-9-23(10-13-26)14-19(21(27)25(2)16-23)18-6-4-3-5-7-18/h3-8,11,15,19H,9-10,12-14,16H2,1-2H3/t19-/m1/s1. The summed E-state index contributed by atoms with van der Waals surface area (Å²) < 4.78 is 0. The molecule has 0 bridgehead atoms. The number of pyridine rings is 1. The Kier molecular flexibility index (Phi) is 4.92. The van der Waals surface area contributed by atoms with Gasteiger partial charge in [0.15, 0.2) is 0 Å². The highest BCUT2D eigenvalue weighted by atomic mass is 16.2. The third-order valence-corrected chi connectivity index (χ3v) is 6.47. The van der Waals surface area contributed by atoms with E-state index in [-0.39, 0.29) is 23.1 Å². The predicted octanol–water partition coefficient (Wildman–Crippen LogP) is 3.26. The van der Waals surface area contributed by atoms with Crippen LogP contribution in [0, 0.1) is 12.3 Å². The lowest BCUT2D eigenvalue weighted by Crippen LogP contribution is -2.53. The second-order valence-corrected chi connectivity index (χ2v) is 8.34. The van der Waals surface area contributed by atoms with Crippen molar-refractivity contribution < 1.29 is 9.59 Å². The van der Waals surface area contributed by atoms with Crippen LogP contribution in [-0.4, -0.2) is 53.3 Å². The number of likely N-dealkylation sites (tertiary alicyclic amines) is 2. The minimum Gasteiger partial charge on any atom is -0.345 e. The van der Waals surface area contributed by atoms with Crippen LogP contribution in [-0.2, 0) is 4.79 Å². The normalized spacial score (nSPS) is 21.8. The van der Waals surface area contributed by atoms with Crippen LogP contribution < -0.4 is 0 Å². The Bertz CT molecular complexity index is 872. The van der Waals surface area contributed by atoms with E-state index in [4.69, 9.17) is 0 Å². The first-order chi connectivity index (χ1) is 13.5. The second-order valence-electron chi connectivity index (χ2n) is 8.34. The van der Waals surface area contributed by atoms with Gasteiger partial charge in [-0.15, -0.1) is 0 Å². The summed E-state index contributed by atoms with van der Waals surface area (Å²) in [6, 6.07) is 12.0. The van der Waals surface area contributed by atoms with Crippen molar-refractivity contribution in [2.75, 3.05) is 26.7 Å². The third kappa shape index (κ3) is 3.41. The van der Waals surface area contributed by atoms with Crippen LogP contribution >= 0.6 is 0 Å². The molecule has 2 aliphatic rings. The van der Waals surface area contributed by atoms with E-state index in [0.29, 0.717) is 5.56 Å². The number of hydrogen-bond acceptors (Lipinski definition) is 3. The molecular weight excluding hydrogens is 350 g/mol. The van der Waals surface area contributed by atoms with Crippen molar-refractivity contribution in [3.8, 4) is 0 Å². The van der Waals surface area contributed by atoms with Gasteiger partial charge in [0.1, 0.15) is 0 Å². The lowest BCUT2D eigenvalue weighted by atomic mass is 9.67. The first-order valence-corrected chi connectivity index (χ1v) is 9.99. The quantitative estimate of drug-likeness (QED) is 0.807. The topological polar surface area (TPSA) is 53.5 Å². The molecule has 2 saturated heterocycles. The van der Waals surface area contributed by atoms with Gasteiger partial charge in [0, 0.05) is 39.1 Å². The SMILES string of the molecule is Cc1ccncc1C(=O)N1CCC2(CC1)C[C@H](c1ccccc1)C(=O)N(C)C2. The van der Waals surface area contributed by atoms with Gasteiger partial charge in [-0.1, -0.05) is 30.3 Å². The summed E-state index contributed by atoms with van der Waals surface area (Å²) in [5.74, 6) is 0.199.